The smallest absolute Gasteiger partial charge is 0.354 e. The van der Waals surface area contributed by atoms with Gasteiger partial charge < -0.3 is 10.1 Å². The number of hydrogen-bond donors (Lipinski definition) is 1. The van der Waals surface area contributed by atoms with Crippen molar-refractivity contribution in [3.05, 3.63) is 11.8 Å². The summed E-state index contributed by atoms with van der Waals surface area (Å²) in [5.41, 5.74) is 0.183. The van der Waals surface area contributed by atoms with Gasteiger partial charge in [0.15, 0.2) is 0 Å². The lowest BCUT2D eigenvalue weighted by Gasteiger charge is -2.04. The van der Waals surface area contributed by atoms with Crippen LogP contribution in [0, 0.1) is 5.92 Å². The molecule has 12 heavy (non-hydrogen) atoms. The van der Waals surface area contributed by atoms with Crippen molar-refractivity contribution in [2.24, 2.45) is 5.92 Å². The molecular formula is C8H13NO3. The van der Waals surface area contributed by atoms with Gasteiger partial charge in [0, 0.05) is 0 Å². The van der Waals surface area contributed by atoms with Crippen molar-refractivity contribution < 1.29 is 14.3 Å². The first-order chi connectivity index (χ1) is 5.61. The Kier molecular flexibility index (Phi) is 4.76. The van der Waals surface area contributed by atoms with E-state index in [-0.39, 0.29) is 11.6 Å². The van der Waals surface area contributed by atoms with Crippen molar-refractivity contribution >= 4 is 12.4 Å². The number of carbonyl (C=O) groups is 2. The molecule has 1 N–H and O–H groups in total. The molecule has 0 atom stereocenters. The van der Waals surface area contributed by atoms with Gasteiger partial charge in [-0.2, -0.15) is 0 Å². The summed E-state index contributed by atoms with van der Waals surface area (Å²) in [6.45, 7) is 3.80. The SMILES string of the molecule is COC(=O)/C(=C/C(C)C)NC=O. The highest BCUT2D eigenvalue weighted by Gasteiger charge is 2.08. The monoisotopic (exact) mass is 171 g/mol. The van der Waals surface area contributed by atoms with Gasteiger partial charge in [-0.25, -0.2) is 4.79 Å². The van der Waals surface area contributed by atoms with Crippen LogP contribution in [0.1, 0.15) is 13.8 Å². The van der Waals surface area contributed by atoms with E-state index in [9.17, 15) is 9.59 Å². The number of carbonyl (C=O) groups excluding carboxylic acids is 2. The van der Waals surface area contributed by atoms with E-state index in [1.54, 1.807) is 6.08 Å². The van der Waals surface area contributed by atoms with Gasteiger partial charge in [-0.05, 0) is 5.92 Å². The zero-order valence-corrected chi connectivity index (χ0v) is 7.46. The van der Waals surface area contributed by atoms with Crippen molar-refractivity contribution in [1.82, 2.24) is 5.32 Å². The van der Waals surface area contributed by atoms with Crippen LogP contribution in [-0.4, -0.2) is 19.5 Å². The average molecular weight is 171 g/mol. The number of amides is 1. The largest absolute Gasteiger partial charge is 0.464 e. The van der Waals surface area contributed by atoms with Crippen LogP contribution < -0.4 is 5.32 Å². The number of esters is 1. The molecule has 0 saturated heterocycles. The fraction of sp³-hybridized carbons (Fsp3) is 0.500. The first-order valence-electron chi connectivity index (χ1n) is 3.62. The zero-order chi connectivity index (χ0) is 9.56. The van der Waals surface area contributed by atoms with Gasteiger partial charge in [-0.1, -0.05) is 19.9 Å². The average Bonchev–Trinajstić information content (AvgIpc) is 2.01. The molecule has 68 valence electrons. The molecule has 0 rings (SSSR count). The molecule has 0 aromatic rings. The maximum atomic E-state index is 10.9. The first-order valence-corrected chi connectivity index (χ1v) is 3.62. The molecule has 0 radical (unpaired) electrons. The molecule has 0 bridgehead atoms. The highest BCUT2D eigenvalue weighted by Crippen LogP contribution is 2.00. The van der Waals surface area contributed by atoms with Crippen LogP contribution in [0.3, 0.4) is 0 Å². The molecule has 0 aromatic carbocycles. The first kappa shape index (κ1) is 10.7. The van der Waals surface area contributed by atoms with E-state index < -0.39 is 5.97 Å². The minimum Gasteiger partial charge on any atom is -0.464 e. The molecule has 0 saturated carbocycles. The molecule has 1 amide bonds. The number of allylic oxidation sites excluding steroid dienone is 1. The summed E-state index contributed by atoms with van der Waals surface area (Å²) >= 11 is 0. The third-order valence-corrected chi connectivity index (χ3v) is 1.12. The number of hydrogen-bond acceptors (Lipinski definition) is 3. The van der Waals surface area contributed by atoms with Gasteiger partial charge in [-0.15, -0.1) is 0 Å². The molecule has 0 aliphatic rings. The van der Waals surface area contributed by atoms with Crippen LogP contribution in [0.25, 0.3) is 0 Å². The third kappa shape index (κ3) is 3.75. The normalized spacial score (nSPS) is 11.2. The van der Waals surface area contributed by atoms with Crippen molar-refractivity contribution in [3.63, 3.8) is 0 Å². The van der Waals surface area contributed by atoms with E-state index >= 15 is 0 Å². The topological polar surface area (TPSA) is 55.4 Å². The van der Waals surface area contributed by atoms with Crippen molar-refractivity contribution in [2.75, 3.05) is 7.11 Å². The Bertz CT molecular complexity index is 196. The minimum atomic E-state index is -0.532. The second-order valence-electron chi connectivity index (χ2n) is 2.58. The van der Waals surface area contributed by atoms with E-state index in [0.29, 0.717) is 6.41 Å². The van der Waals surface area contributed by atoms with E-state index in [2.05, 4.69) is 10.1 Å². The van der Waals surface area contributed by atoms with Crippen LogP contribution >= 0.6 is 0 Å². The van der Waals surface area contributed by atoms with Crippen LogP contribution in [-0.2, 0) is 14.3 Å². The number of rotatable bonds is 4. The lowest BCUT2D eigenvalue weighted by molar-refractivity contribution is -0.137. The Hall–Kier alpha value is -1.32. The van der Waals surface area contributed by atoms with Crippen LogP contribution in [0.2, 0.25) is 0 Å². The maximum Gasteiger partial charge on any atom is 0.354 e. The number of methoxy groups -OCH3 is 1. The van der Waals surface area contributed by atoms with Gasteiger partial charge in [0.1, 0.15) is 5.70 Å². The Morgan fingerprint density at radius 3 is 2.42 bits per heavy atom. The Labute approximate surface area is 71.6 Å². The minimum absolute atomic E-state index is 0.183. The molecule has 0 fully saturated rings. The van der Waals surface area contributed by atoms with E-state index in [0.717, 1.165) is 0 Å². The van der Waals surface area contributed by atoms with Gasteiger partial charge in [0.25, 0.3) is 0 Å². The zero-order valence-electron chi connectivity index (χ0n) is 7.46. The second-order valence-corrected chi connectivity index (χ2v) is 2.58. The standard InChI is InChI=1S/C8H13NO3/c1-6(2)4-7(9-5-10)8(11)12-3/h4-6H,1-3H3,(H,9,10)/b7-4-. The van der Waals surface area contributed by atoms with E-state index in [1.807, 2.05) is 13.8 Å². The number of ether oxygens (including phenoxy) is 1. The lowest BCUT2D eigenvalue weighted by atomic mass is 10.2. The van der Waals surface area contributed by atoms with Crippen molar-refractivity contribution in [1.29, 1.82) is 0 Å². The highest BCUT2D eigenvalue weighted by molar-refractivity contribution is 5.90. The summed E-state index contributed by atoms with van der Waals surface area (Å²) in [6.07, 6.45) is 2.07. The summed E-state index contributed by atoms with van der Waals surface area (Å²) in [5, 5.41) is 2.27. The van der Waals surface area contributed by atoms with Gasteiger partial charge in [0.05, 0.1) is 7.11 Å². The Morgan fingerprint density at radius 1 is 1.50 bits per heavy atom. The molecule has 0 spiro atoms. The number of nitrogens with one attached hydrogen (secondary N) is 1. The van der Waals surface area contributed by atoms with Gasteiger partial charge in [-0.3, -0.25) is 4.79 Å². The van der Waals surface area contributed by atoms with Crippen LogP contribution in [0.15, 0.2) is 11.8 Å². The molecule has 0 aromatic heterocycles. The Balaban J connectivity index is 4.41. The molecule has 0 heterocycles. The predicted octanol–water partition coefficient (Wildman–Crippen LogP) is 0.445. The van der Waals surface area contributed by atoms with Crippen molar-refractivity contribution in [2.45, 2.75) is 13.8 Å². The molecule has 0 unspecified atom stereocenters. The van der Waals surface area contributed by atoms with Crippen molar-refractivity contribution in [3.8, 4) is 0 Å². The van der Waals surface area contributed by atoms with E-state index in [4.69, 9.17) is 0 Å². The fourth-order valence-corrected chi connectivity index (χ4v) is 0.682. The molecule has 0 aliphatic heterocycles. The fourth-order valence-electron chi connectivity index (χ4n) is 0.682. The second kappa shape index (κ2) is 5.35. The Morgan fingerprint density at radius 2 is 2.08 bits per heavy atom. The van der Waals surface area contributed by atoms with Crippen LogP contribution in [0.5, 0.6) is 0 Å². The molecular weight excluding hydrogens is 158 g/mol. The predicted molar refractivity (Wildman–Crippen MR) is 44.1 cm³/mol. The molecule has 4 heteroatoms. The summed E-state index contributed by atoms with van der Waals surface area (Å²) in [7, 11) is 1.27. The molecule has 4 nitrogen and oxygen atoms in total. The quantitative estimate of drug-likeness (QED) is 0.379. The maximum absolute atomic E-state index is 10.9. The summed E-state index contributed by atoms with van der Waals surface area (Å²) in [5.74, 6) is -0.345. The summed E-state index contributed by atoms with van der Waals surface area (Å²) in [4.78, 5) is 21.0. The summed E-state index contributed by atoms with van der Waals surface area (Å²) in [6, 6.07) is 0. The van der Waals surface area contributed by atoms with Gasteiger partial charge in [0.2, 0.25) is 6.41 Å². The van der Waals surface area contributed by atoms with Crippen LogP contribution in [0.4, 0.5) is 0 Å². The third-order valence-electron chi connectivity index (χ3n) is 1.12. The van der Waals surface area contributed by atoms with Gasteiger partial charge >= 0.3 is 5.97 Å². The molecule has 0 aliphatic carbocycles. The van der Waals surface area contributed by atoms with E-state index in [1.165, 1.54) is 7.11 Å². The highest BCUT2D eigenvalue weighted by atomic mass is 16.5. The lowest BCUT2D eigenvalue weighted by Crippen LogP contribution is -2.20. The summed E-state index contributed by atoms with van der Waals surface area (Å²) < 4.78 is 4.44.